The fraction of sp³-hybridized carbons (Fsp3) is 0.900. The third-order valence-electron chi connectivity index (χ3n) is 2.55. The van der Waals surface area contributed by atoms with Gasteiger partial charge in [0.1, 0.15) is 0 Å². The topological polar surface area (TPSA) is 38.8 Å². The SMILES string of the molecule is COC(=O)N(C)CCC1CCCCO1. The van der Waals surface area contributed by atoms with E-state index in [0.717, 1.165) is 19.4 Å². The van der Waals surface area contributed by atoms with Gasteiger partial charge in [0.05, 0.1) is 13.2 Å². The molecule has 0 aromatic rings. The van der Waals surface area contributed by atoms with Crippen molar-refractivity contribution in [2.75, 3.05) is 27.3 Å². The third-order valence-corrected chi connectivity index (χ3v) is 2.55. The lowest BCUT2D eigenvalue weighted by Gasteiger charge is -2.24. The third kappa shape index (κ3) is 3.54. The van der Waals surface area contributed by atoms with Crippen LogP contribution in [0.4, 0.5) is 4.79 Å². The van der Waals surface area contributed by atoms with E-state index in [4.69, 9.17) is 4.74 Å². The minimum atomic E-state index is -0.277. The van der Waals surface area contributed by atoms with Crippen molar-refractivity contribution in [2.45, 2.75) is 31.8 Å². The maximum absolute atomic E-state index is 11.0. The molecule has 1 fully saturated rings. The molecule has 14 heavy (non-hydrogen) atoms. The van der Waals surface area contributed by atoms with Gasteiger partial charge in [-0.25, -0.2) is 4.79 Å². The zero-order valence-corrected chi connectivity index (χ0v) is 8.99. The second-order valence-corrected chi connectivity index (χ2v) is 3.67. The summed E-state index contributed by atoms with van der Waals surface area (Å²) in [5.74, 6) is 0. The van der Waals surface area contributed by atoms with Crippen LogP contribution in [0.25, 0.3) is 0 Å². The highest BCUT2D eigenvalue weighted by molar-refractivity contribution is 5.66. The van der Waals surface area contributed by atoms with Crippen molar-refractivity contribution in [1.29, 1.82) is 0 Å². The summed E-state index contributed by atoms with van der Waals surface area (Å²) in [4.78, 5) is 12.6. The molecule has 1 aliphatic heterocycles. The molecule has 0 aromatic heterocycles. The van der Waals surface area contributed by atoms with Crippen LogP contribution < -0.4 is 0 Å². The first-order chi connectivity index (χ1) is 6.74. The smallest absolute Gasteiger partial charge is 0.409 e. The van der Waals surface area contributed by atoms with Crippen LogP contribution in [0.2, 0.25) is 0 Å². The van der Waals surface area contributed by atoms with Crippen LogP contribution in [-0.2, 0) is 9.47 Å². The predicted molar refractivity (Wildman–Crippen MR) is 53.2 cm³/mol. The molecular formula is C10H19NO3. The molecule has 4 nitrogen and oxygen atoms in total. The molecule has 0 radical (unpaired) electrons. The average Bonchev–Trinajstić information content (AvgIpc) is 2.26. The number of amides is 1. The van der Waals surface area contributed by atoms with Gasteiger partial charge in [-0.3, -0.25) is 0 Å². The Kier molecular flexibility index (Phi) is 4.73. The number of carbonyl (C=O) groups is 1. The van der Waals surface area contributed by atoms with Crippen molar-refractivity contribution in [3.63, 3.8) is 0 Å². The number of rotatable bonds is 3. The van der Waals surface area contributed by atoms with Gasteiger partial charge in [0.25, 0.3) is 0 Å². The zero-order chi connectivity index (χ0) is 10.4. The Morgan fingerprint density at radius 2 is 2.36 bits per heavy atom. The molecule has 1 atom stereocenters. The van der Waals surface area contributed by atoms with E-state index in [1.54, 1.807) is 11.9 Å². The normalized spacial score (nSPS) is 21.7. The van der Waals surface area contributed by atoms with E-state index in [1.807, 2.05) is 0 Å². The molecule has 1 amide bonds. The molecule has 1 unspecified atom stereocenters. The van der Waals surface area contributed by atoms with Gasteiger partial charge in [0.15, 0.2) is 0 Å². The van der Waals surface area contributed by atoms with Crippen LogP contribution in [0.1, 0.15) is 25.7 Å². The molecule has 0 aliphatic carbocycles. The quantitative estimate of drug-likeness (QED) is 0.696. The Labute approximate surface area is 85.2 Å². The van der Waals surface area contributed by atoms with Crippen LogP contribution in [0.15, 0.2) is 0 Å². The standard InChI is InChI=1S/C10H19NO3/c1-11(10(12)13-2)7-6-9-5-3-4-8-14-9/h9H,3-8H2,1-2H3. The van der Waals surface area contributed by atoms with Crippen molar-refractivity contribution in [1.82, 2.24) is 4.90 Å². The molecule has 1 heterocycles. The summed E-state index contributed by atoms with van der Waals surface area (Å²) in [6.45, 7) is 1.57. The van der Waals surface area contributed by atoms with Crippen LogP contribution >= 0.6 is 0 Å². The predicted octanol–water partition coefficient (Wildman–Crippen LogP) is 1.64. The van der Waals surface area contributed by atoms with Crippen molar-refractivity contribution in [3.05, 3.63) is 0 Å². The Bertz CT molecular complexity index is 178. The fourth-order valence-electron chi connectivity index (χ4n) is 1.62. The Morgan fingerprint density at radius 3 is 2.93 bits per heavy atom. The minimum absolute atomic E-state index is 0.277. The lowest BCUT2D eigenvalue weighted by atomic mass is 10.1. The molecule has 1 saturated heterocycles. The number of methoxy groups -OCH3 is 1. The van der Waals surface area contributed by atoms with E-state index in [9.17, 15) is 4.79 Å². The first-order valence-electron chi connectivity index (χ1n) is 5.14. The van der Waals surface area contributed by atoms with Gasteiger partial charge in [-0.05, 0) is 25.7 Å². The molecule has 1 aliphatic rings. The molecule has 0 N–H and O–H groups in total. The highest BCUT2D eigenvalue weighted by Gasteiger charge is 2.16. The van der Waals surface area contributed by atoms with Crippen molar-refractivity contribution in [2.24, 2.45) is 0 Å². The number of carbonyl (C=O) groups excluding carboxylic acids is 1. The molecule has 4 heteroatoms. The van der Waals surface area contributed by atoms with Gasteiger partial charge < -0.3 is 14.4 Å². The van der Waals surface area contributed by atoms with E-state index >= 15 is 0 Å². The van der Waals surface area contributed by atoms with Gasteiger partial charge in [-0.15, -0.1) is 0 Å². The van der Waals surface area contributed by atoms with Crippen LogP contribution in [0.3, 0.4) is 0 Å². The number of ether oxygens (including phenoxy) is 2. The van der Waals surface area contributed by atoms with E-state index in [2.05, 4.69) is 4.74 Å². The highest BCUT2D eigenvalue weighted by Crippen LogP contribution is 2.15. The van der Waals surface area contributed by atoms with Crippen molar-refractivity contribution >= 4 is 6.09 Å². The molecular weight excluding hydrogens is 182 g/mol. The second kappa shape index (κ2) is 5.86. The molecule has 0 aromatic carbocycles. The first-order valence-corrected chi connectivity index (χ1v) is 5.14. The summed E-state index contributed by atoms with van der Waals surface area (Å²) in [6, 6.07) is 0. The van der Waals surface area contributed by atoms with Crippen LogP contribution in [0, 0.1) is 0 Å². The average molecular weight is 201 g/mol. The number of nitrogens with zero attached hydrogens (tertiary/aromatic N) is 1. The number of hydrogen-bond acceptors (Lipinski definition) is 3. The van der Waals surface area contributed by atoms with Gasteiger partial charge in [0, 0.05) is 20.2 Å². The van der Waals surface area contributed by atoms with E-state index in [-0.39, 0.29) is 6.09 Å². The Balaban J connectivity index is 2.15. The largest absolute Gasteiger partial charge is 0.453 e. The monoisotopic (exact) mass is 201 g/mol. The summed E-state index contributed by atoms with van der Waals surface area (Å²) in [5, 5.41) is 0. The Morgan fingerprint density at radius 1 is 1.57 bits per heavy atom. The van der Waals surface area contributed by atoms with E-state index in [0.29, 0.717) is 12.6 Å². The van der Waals surface area contributed by atoms with Gasteiger partial charge in [-0.2, -0.15) is 0 Å². The van der Waals surface area contributed by atoms with Crippen molar-refractivity contribution in [3.8, 4) is 0 Å². The maximum atomic E-state index is 11.0. The lowest BCUT2D eigenvalue weighted by molar-refractivity contribution is 0.00693. The summed E-state index contributed by atoms with van der Waals surface area (Å²) >= 11 is 0. The molecule has 82 valence electrons. The first kappa shape index (κ1) is 11.3. The van der Waals surface area contributed by atoms with Crippen LogP contribution in [-0.4, -0.2) is 44.4 Å². The van der Waals surface area contributed by atoms with E-state index < -0.39 is 0 Å². The maximum Gasteiger partial charge on any atom is 0.409 e. The minimum Gasteiger partial charge on any atom is -0.453 e. The molecule has 1 rings (SSSR count). The van der Waals surface area contributed by atoms with E-state index in [1.165, 1.54) is 20.0 Å². The Hall–Kier alpha value is -0.770. The summed E-state index contributed by atoms with van der Waals surface area (Å²) in [6.07, 6.45) is 4.49. The zero-order valence-electron chi connectivity index (χ0n) is 8.99. The highest BCUT2D eigenvalue weighted by atomic mass is 16.5. The second-order valence-electron chi connectivity index (χ2n) is 3.67. The molecule has 0 saturated carbocycles. The fourth-order valence-corrected chi connectivity index (χ4v) is 1.62. The molecule has 0 bridgehead atoms. The van der Waals surface area contributed by atoms with Crippen molar-refractivity contribution < 1.29 is 14.3 Å². The summed E-state index contributed by atoms with van der Waals surface area (Å²) < 4.78 is 10.2. The van der Waals surface area contributed by atoms with Gasteiger partial charge in [0.2, 0.25) is 0 Å². The van der Waals surface area contributed by atoms with Gasteiger partial charge in [-0.1, -0.05) is 0 Å². The van der Waals surface area contributed by atoms with Gasteiger partial charge >= 0.3 is 6.09 Å². The lowest BCUT2D eigenvalue weighted by Crippen LogP contribution is -2.31. The van der Waals surface area contributed by atoms with Crippen LogP contribution in [0.5, 0.6) is 0 Å². The number of hydrogen-bond donors (Lipinski definition) is 0. The molecule has 0 spiro atoms. The summed E-state index contributed by atoms with van der Waals surface area (Å²) in [5.41, 5.74) is 0. The summed E-state index contributed by atoms with van der Waals surface area (Å²) in [7, 11) is 3.14.